The number of nitrogens with zero attached hydrogens (tertiary/aromatic N) is 1. The largest absolute Gasteiger partial charge is 0.444 e. The van der Waals surface area contributed by atoms with Crippen LogP contribution in [0.5, 0.6) is 0 Å². The summed E-state index contributed by atoms with van der Waals surface area (Å²) in [6, 6.07) is 5.31. The van der Waals surface area contributed by atoms with Gasteiger partial charge in [-0.1, -0.05) is 6.07 Å². The van der Waals surface area contributed by atoms with Crippen LogP contribution in [0.25, 0.3) is 10.2 Å². The molecule has 22 heavy (non-hydrogen) atoms. The summed E-state index contributed by atoms with van der Waals surface area (Å²) in [6.07, 6.45) is -2.88. The molecule has 1 aromatic carbocycles. The average molecular weight is 324 g/mol. The Balaban J connectivity index is 1.94. The molecule has 2 atom stereocenters. The zero-order valence-electron chi connectivity index (χ0n) is 12.7. The van der Waals surface area contributed by atoms with Gasteiger partial charge in [0.1, 0.15) is 17.8 Å². The fraction of sp³-hybridized carbons (Fsp3) is 0.467. The van der Waals surface area contributed by atoms with Crippen molar-refractivity contribution in [3.05, 3.63) is 29.3 Å². The first-order valence-corrected chi connectivity index (χ1v) is 7.80. The van der Waals surface area contributed by atoms with Crippen molar-refractivity contribution < 1.29 is 19.7 Å². The molecule has 120 valence electrons. The number of alkyl carbamates (subject to hydrolysis) is 1. The molecule has 2 unspecified atom stereocenters. The Labute approximate surface area is 132 Å². The molecule has 1 heterocycles. The maximum absolute atomic E-state index is 11.5. The predicted molar refractivity (Wildman–Crippen MR) is 84.8 cm³/mol. The zero-order chi connectivity index (χ0) is 16.3. The van der Waals surface area contributed by atoms with Gasteiger partial charge in [-0.3, -0.25) is 0 Å². The molecule has 0 radical (unpaired) electrons. The quantitative estimate of drug-likeness (QED) is 0.802. The minimum absolute atomic E-state index is 0.106. The van der Waals surface area contributed by atoms with Gasteiger partial charge in [0.15, 0.2) is 0 Å². The number of aromatic nitrogens is 1. The average Bonchev–Trinajstić information content (AvgIpc) is 2.89. The first kappa shape index (κ1) is 16.7. The molecule has 3 N–H and O–H groups in total. The van der Waals surface area contributed by atoms with Crippen molar-refractivity contribution in [2.24, 2.45) is 0 Å². The first-order chi connectivity index (χ1) is 10.3. The summed E-state index contributed by atoms with van der Waals surface area (Å²) in [7, 11) is 0. The molecule has 0 aliphatic heterocycles. The standard InChI is InChI=1S/C15H20N2O4S/c1-15(2,3)21-14(20)16-7-11(18)13(19)9-4-5-12-10(6-9)17-8-22-12/h4-6,8,11,13,18-19H,7H2,1-3H3,(H,16,20). The van der Waals surface area contributed by atoms with Crippen molar-refractivity contribution in [3.63, 3.8) is 0 Å². The zero-order valence-corrected chi connectivity index (χ0v) is 13.6. The van der Waals surface area contributed by atoms with E-state index in [1.807, 2.05) is 6.07 Å². The lowest BCUT2D eigenvalue weighted by molar-refractivity contribution is 0.0130. The van der Waals surface area contributed by atoms with Crippen LogP contribution in [0.4, 0.5) is 4.79 Å². The lowest BCUT2D eigenvalue weighted by Gasteiger charge is -2.22. The van der Waals surface area contributed by atoms with E-state index in [9.17, 15) is 15.0 Å². The van der Waals surface area contributed by atoms with Crippen molar-refractivity contribution in [3.8, 4) is 0 Å². The summed E-state index contributed by atoms with van der Waals surface area (Å²) < 4.78 is 6.08. The van der Waals surface area contributed by atoms with Crippen molar-refractivity contribution in [1.82, 2.24) is 10.3 Å². The second kappa shape index (κ2) is 6.60. The van der Waals surface area contributed by atoms with Crippen molar-refractivity contribution in [2.75, 3.05) is 6.54 Å². The van der Waals surface area contributed by atoms with Crippen LogP contribution in [0.15, 0.2) is 23.7 Å². The molecule has 1 aromatic heterocycles. The van der Waals surface area contributed by atoms with Gasteiger partial charge in [-0.05, 0) is 38.5 Å². The Morgan fingerprint density at radius 1 is 1.41 bits per heavy atom. The van der Waals surface area contributed by atoms with E-state index in [1.165, 1.54) is 11.3 Å². The number of rotatable bonds is 4. The van der Waals surface area contributed by atoms with E-state index < -0.39 is 23.9 Å². The first-order valence-electron chi connectivity index (χ1n) is 6.92. The number of aliphatic hydroxyl groups excluding tert-OH is 2. The van der Waals surface area contributed by atoms with Gasteiger partial charge in [0, 0.05) is 6.54 Å². The lowest BCUT2D eigenvalue weighted by atomic mass is 10.0. The van der Waals surface area contributed by atoms with Gasteiger partial charge < -0.3 is 20.3 Å². The smallest absolute Gasteiger partial charge is 0.407 e. The van der Waals surface area contributed by atoms with Gasteiger partial charge in [-0.25, -0.2) is 9.78 Å². The molecular formula is C15H20N2O4S. The topological polar surface area (TPSA) is 91.7 Å². The van der Waals surface area contributed by atoms with E-state index in [2.05, 4.69) is 10.3 Å². The number of carbonyl (C=O) groups excluding carboxylic acids is 1. The van der Waals surface area contributed by atoms with Gasteiger partial charge in [0.25, 0.3) is 0 Å². The molecule has 7 heteroatoms. The van der Waals surface area contributed by atoms with Crippen LogP contribution in [-0.4, -0.2) is 39.5 Å². The summed E-state index contributed by atoms with van der Waals surface area (Å²) in [6.45, 7) is 5.15. The number of carbonyl (C=O) groups is 1. The van der Waals surface area contributed by atoms with Crippen LogP contribution in [-0.2, 0) is 4.74 Å². The predicted octanol–water partition coefficient (Wildman–Crippen LogP) is 2.22. The second-order valence-corrected chi connectivity index (χ2v) is 6.86. The Kier molecular flexibility index (Phi) is 5.00. The Morgan fingerprint density at radius 2 is 2.14 bits per heavy atom. The van der Waals surface area contributed by atoms with Crippen molar-refractivity contribution >= 4 is 27.6 Å². The SMILES string of the molecule is CC(C)(C)OC(=O)NCC(O)C(O)c1ccc2scnc2c1. The highest BCUT2D eigenvalue weighted by atomic mass is 32.1. The third-order valence-electron chi connectivity index (χ3n) is 2.91. The van der Waals surface area contributed by atoms with Gasteiger partial charge in [0.05, 0.1) is 15.7 Å². The van der Waals surface area contributed by atoms with Crippen LogP contribution < -0.4 is 5.32 Å². The number of aliphatic hydroxyl groups is 2. The number of nitrogens with one attached hydrogen (secondary N) is 1. The van der Waals surface area contributed by atoms with E-state index in [0.29, 0.717) is 5.56 Å². The molecule has 0 saturated carbocycles. The molecule has 2 rings (SSSR count). The fourth-order valence-electron chi connectivity index (χ4n) is 1.89. The van der Waals surface area contributed by atoms with Gasteiger partial charge in [-0.2, -0.15) is 0 Å². The molecule has 0 bridgehead atoms. The number of amides is 1. The molecular weight excluding hydrogens is 304 g/mol. The number of hydrogen-bond donors (Lipinski definition) is 3. The van der Waals surface area contributed by atoms with Crippen molar-refractivity contribution in [2.45, 2.75) is 38.6 Å². The van der Waals surface area contributed by atoms with Gasteiger partial charge in [0.2, 0.25) is 0 Å². The summed E-state index contributed by atoms with van der Waals surface area (Å²) >= 11 is 1.51. The monoisotopic (exact) mass is 324 g/mol. The number of ether oxygens (including phenoxy) is 1. The second-order valence-electron chi connectivity index (χ2n) is 5.97. The van der Waals surface area contributed by atoms with E-state index in [4.69, 9.17) is 4.74 Å². The van der Waals surface area contributed by atoms with Crippen LogP contribution in [0.2, 0.25) is 0 Å². The molecule has 0 fully saturated rings. The maximum atomic E-state index is 11.5. The Morgan fingerprint density at radius 3 is 2.82 bits per heavy atom. The maximum Gasteiger partial charge on any atom is 0.407 e. The minimum atomic E-state index is -1.14. The number of thiazole rings is 1. The van der Waals surface area contributed by atoms with E-state index >= 15 is 0 Å². The van der Waals surface area contributed by atoms with Crippen molar-refractivity contribution in [1.29, 1.82) is 0 Å². The van der Waals surface area contributed by atoms with E-state index in [-0.39, 0.29) is 6.54 Å². The summed E-state index contributed by atoms with van der Waals surface area (Å²) in [4.78, 5) is 15.7. The molecule has 6 nitrogen and oxygen atoms in total. The summed E-state index contributed by atoms with van der Waals surface area (Å²) in [5.41, 5.74) is 2.44. The highest BCUT2D eigenvalue weighted by molar-refractivity contribution is 7.16. The van der Waals surface area contributed by atoms with E-state index in [0.717, 1.165) is 10.2 Å². The van der Waals surface area contributed by atoms with Gasteiger partial charge in [-0.15, -0.1) is 11.3 Å². The summed E-state index contributed by atoms with van der Waals surface area (Å²) in [5, 5.41) is 22.6. The molecule has 1 amide bonds. The van der Waals surface area contributed by atoms with Crippen LogP contribution in [0.1, 0.15) is 32.4 Å². The van der Waals surface area contributed by atoms with Crippen LogP contribution in [0, 0.1) is 0 Å². The highest BCUT2D eigenvalue weighted by Crippen LogP contribution is 2.24. The van der Waals surface area contributed by atoms with Crippen LogP contribution in [0.3, 0.4) is 0 Å². The molecule has 2 aromatic rings. The van der Waals surface area contributed by atoms with Gasteiger partial charge >= 0.3 is 6.09 Å². The molecule has 0 aliphatic carbocycles. The molecule has 0 aliphatic rings. The fourth-order valence-corrected chi connectivity index (χ4v) is 2.55. The highest BCUT2D eigenvalue weighted by Gasteiger charge is 2.21. The number of benzene rings is 1. The third-order valence-corrected chi connectivity index (χ3v) is 3.72. The molecule has 0 spiro atoms. The Bertz CT molecular complexity index is 650. The lowest BCUT2D eigenvalue weighted by Crippen LogP contribution is -2.38. The van der Waals surface area contributed by atoms with Crippen LogP contribution >= 0.6 is 11.3 Å². The minimum Gasteiger partial charge on any atom is -0.444 e. The molecule has 0 saturated heterocycles. The third kappa shape index (κ3) is 4.40. The summed E-state index contributed by atoms with van der Waals surface area (Å²) in [5.74, 6) is 0. The normalized spacial score (nSPS) is 14.6. The number of hydrogen-bond acceptors (Lipinski definition) is 6. The number of fused-ring (bicyclic) bond motifs is 1. The Hall–Kier alpha value is -1.70. The van der Waals surface area contributed by atoms with E-state index in [1.54, 1.807) is 38.4 Å².